The standard InChI is InChI=1S/C11H19ClN4O/c1-8(2)3-5-17-6-4-14-10-9(12)7-15-11(13)16-10/h7-8H,3-6H2,1-2H3,(H3,13,14,15,16). The first-order chi connectivity index (χ1) is 8.09. The van der Waals surface area contributed by atoms with E-state index in [2.05, 4.69) is 29.1 Å². The summed E-state index contributed by atoms with van der Waals surface area (Å²) >= 11 is 5.89. The number of halogens is 1. The molecule has 96 valence electrons. The van der Waals surface area contributed by atoms with Gasteiger partial charge in [-0.1, -0.05) is 25.4 Å². The minimum atomic E-state index is 0.206. The van der Waals surface area contributed by atoms with Crippen LogP contribution in [0.25, 0.3) is 0 Å². The van der Waals surface area contributed by atoms with Crippen molar-refractivity contribution in [1.82, 2.24) is 9.97 Å². The first-order valence-corrected chi connectivity index (χ1v) is 6.07. The first kappa shape index (κ1) is 14.0. The summed E-state index contributed by atoms with van der Waals surface area (Å²) in [6.45, 7) is 6.39. The van der Waals surface area contributed by atoms with Gasteiger partial charge in [-0.3, -0.25) is 0 Å². The fraction of sp³-hybridized carbons (Fsp3) is 0.636. The van der Waals surface area contributed by atoms with Gasteiger partial charge in [0, 0.05) is 13.2 Å². The van der Waals surface area contributed by atoms with Crippen molar-refractivity contribution in [2.24, 2.45) is 5.92 Å². The lowest BCUT2D eigenvalue weighted by Crippen LogP contribution is -2.12. The molecule has 0 bridgehead atoms. The molecule has 1 aromatic rings. The second-order valence-electron chi connectivity index (χ2n) is 4.15. The Balaban J connectivity index is 2.20. The highest BCUT2D eigenvalue weighted by molar-refractivity contribution is 6.32. The number of anilines is 2. The summed E-state index contributed by atoms with van der Waals surface area (Å²) in [5, 5.41) is 3.51. The van der Waals surface area contributed by atoms with Crippen LogP contribution >= 0.6 is 11.6 Å². The molecule has 0 amide bonds. The van der Waals surface area contributed by atoms with Crippen LogP contribution < -0.4 is 11.1 Å². The van der Waals surface area contributed by atoms with E-state index in [-0.39, 0.29) is 5.95 Å². The smallest absolute Gasteiger partial charge is 0.222 e. The van der Waals surface area contributed by atoms with E-state index in [1.54, 1.807) is 0 Å². The highest BCUT2D eigenvalue weighted by atomic mass is 35.5. The number of nitrogen functional groups attached to an aromatic ring is 1. The zero-order valence-electron chi connectivity index (χ0n) is 10.2. The van der Waals surface area contributed by atoms with Crippen LogP contribution in [0.2, 0.25) is 5.02 Å². The number of rotatable bonds is 7. The van der Waals surface area contributed by atoms with E-state index in [0.717, 1.165) is 13.0 Å². The second kappa shape index (κ2) is 7.29. The molecule has 6 heteroatoms. The lowest BCUT2D eigenvalue weighted by molar-refractivity contribution is 0.132. The summed E-state index contributed by atoms with van der Waals surface area (Å²) in [7, 11) is 0. The summed E-state index contributed by atoms with van der Waals surface area (Å²) in [5.74, 6) is 1.42. The quantitative estimate of drug-likeness (QED) is 0.734. The van der Waals surface area contributed by atoms with Gasteiger partial charge >= 0.3 is 0 Å². The van der Waals surface area contributed by atoms with E-state index < -0.39 is 0 Å². The number of nitrogens with one attached hydrogen (secondary N) is 1. The maximum atomic E-state index is 5.89. The third-order valence-corrected chi connectivity index (χ3v) is 2.42. The van der Waals surface area contributed by atoms with Crippen molar-refractivity contribution in [1.29, 1.82) is 0 Å². The number of ether oxygens (including phenoxy) is 1. The fourth-order valence-corrected chi connectivity index (χ4v) is 1.33. The number of nitrogens with zero attached hydrogens (tertiary/aromatic N) is 2. The van der Waals surface area contributed by atoms with Crippen molar-refractivity contribution < 1.29 is 4.74 Å². The van der Waals surface area contributed by atoms with Gasteiger partial charge in [0.2, 0.25) is 5.95 Å². The zero-order valence-corrected chi connectivity index (χ0v) is 11.0. The molecule has 1 heterocycles. The Morgan fingerprint density at radius 1 is 1.47 bits per heavy atom. The Morgan fingerprint density at radius 3 is 2.94 bits per heavy atom. The summed E-state index contributed by atoms with van der Waals surface area (Å²) in [6, 6.07) is 0. The van der Waals surface area contributed by atoms with Gasteiger partial charge in [-0.15, -0.1) is 0 Å². The molecule has 1 rings (SSSR count). The highest BCUT2D eigenvalue weighted by Crippen LogP contribution is 2.17. The molecule has 0 atom stereocenters. The van der Waals surface area contributed by atoms with Crippen LogP contribution in [-0.2, 0) is 4.74 Å². The Labute approximate surface area is 107 Å². The van der Waals surface area contributed by atoms with Gasteiger partial charge in [0.05, 0.1) is 12.8 Å². The Kier molecular flexibility index (Phi) is 6.00. The summed E-state index contributed by atoms with van der Waals surface area (Å²) < 4.78 is 5.46. The molecule has 3 N–H and O–H groups in total. The maximum Gasteiger partial charge on any atom is 0.222 e. The maximum absolute atomic E-state index is 5.89. The van der Waals surface area contributed by atoms with Gasteiger partial charge in [0.1, 0.15) is 5.02 Å². The molecule has 0 aliphatic carbocycles. The van der Waals surface area contributed by atoms with Crippen molar-refractivity contribution in [2.75, 3.05) is 30.8 Å². The average Bonchev–Trinajstić information content (AvgIpc) is 2.27. The van der Waals surface area contributed by atoms with Crippen LogP contribution in [0.1, 0.15) is 20.3 Å². The molecule has 0 aromatic carbocycles. The van der Waals surface area contributed by atoms with Crippen LogP contribution in [0.4, 0.5) is 11.8 Å². The molecular weight excluding hydrogens is 240 g/mol. The third kappa shape index (κ3) is 5.70. The van der Waals surface area contributed by atoms with Crippen LogP contribution in [-0.4, -0.2) is 29.7 Å². The van der Waals surface area contributed by atoms with Crippen molar-refractivity contribution in [2.45, 2.75) is 20.3 Å². The Bertz CT molecular complexity index is 346. The number of hydrogen-bond donors (Lipinski definition) is 2. The van der Waals surface area contributed by atoms with Crippen molar-refractivity contribution >= 4 is 23.4 Å². The number of aromatic nitrogens is 2. The molecular formula is C11H19ClN4O. The van der Waals surface area contributed by atoms with E-state index in [1.807, 2.05) is 0 Å². The van der Waals surface area contributed by atoms with Crippen molar-refractivity contribution in [3.8, 4) is 0 Å². The molecule has 0 aliphatic heterocycles. The molecule has 0 aliphatic rings. The lowest BCUT2D eigenvalue weighted by atomic mass is 10.1. The van der Waals surface area contributed by atoms with E-state index in [4.69, 9.17) is 22.1 Å². The minimum absolute atomic E-state index is 0.206. The molecule has 5 nitrogen and oxygen atoms in total. The van der Waals surface area contributed by atoms with Crippen LogP contribution in [0.3, 0.4) is 0 Å². The molecule has 0 radical (unpaired) electrons. The van der Waals surface area contributed by atoms with Gasteiger partial charge in [-0.2, -0.15) is 4.98 Å². The fourth-order valence-electron chi connectivity index (χ4n) is 1.17. The molecule has 0 unspecified atom stereocenters. The molecule has 0 saturated carbocycles. The summed E-state index contributed by atoms with van der Waals surface area (Å²) in [5.41, 5.74) is 5.46. The van der Waals surface area contributed by atoms with E-state index in [0.29, 0.717) is 29.9 Å². The first-order valence-electron chi connectivity index (χ1n) is 5.69. The Hall–Kier alpha value is -1.07. The molecule has 1 aromatic heterocycles. The van der Waals surface area contributed by atoms with Crippen molar-refractivity contribution in [3.63, 3.8) is 0 Å². The Morgan fingerprint density at radius 2 is 2.24 bits per heavy atom. The monoisotopic (exact) mass is 258 g/mol. The van der Waals surface area contributed by atoms with Gasteiger partial charge < -0.3 is 15.8 Å². The van der Waals surface area contributed by atoms with Gasteiger partial charge in [-0.25, -0.2) is 4.98 Å². The number of hydrogen-bond acceptors (Lipinski definition) is 5. The van der Waals surface area contributed by atoms with Crippen LogP contribution in [0.15, 0.2) is 6.20 Å². The highest BCUT2D eigenvalue weighted by Gasteiger charge is 2.02. The normalized spacial score (nSPS) is 10.8. The third-order valence-electron chi connectivity index (χ3n) is 2.14. The summed E-state index contributed by atoms with van der Waals surface area (Å²) in [4.78, 5) is 7.77. The SMILES string of the molecule is CC(C)CCOCCNc1nc(N)ncc1Cl. The predicted molar refractivity (Wildman–Crippen MR) is 70.2 cm³/mol. The minimum Gasteiger partial charge on any atom is -0.380 e. The lowest BCUT2D eigenvalue weighted by Gasteiger charge is -2.09. The van der Waals surface area contributed by atoms with Crippen molar-refractivity contribution in [3.05, 3.63) is 11.2 Å². The second-order valence-corrected chi connectivity index (χ2v) is 4.55. The van der Waals surface area contributed by atoms with Crippen LogP contribution in [0, 0.1) is 5.92 Å². The zero-order chi connectivity index (χ0) is 12.7. The number of nitrogens with two attached hydrogens (primary N) is 1. The average molecular weight is 259 g/mol. The summed E-state index contributed by atoms with van der Waals surface area (Å²) in [6.07, 6.45) is 2.55. The predicted octanol–water partition coefficient (Wildman–Crippen LogP) is 2.19. The van der Waals surface area contributed by atoms with Gasteiger partial charge in [0.15, 0.2) is 5.82 Å². The molecule has 0 saturated heterocycles. The molecule has 0 fully saturated rings. The van der Waals surface area contributed by atoms with E-state index >= 15 is 0 Å². The van der Waals surface area contributed by atoms with E-state index in [1.165, 1.54) is 6.20 Å². The van der Waals surface area contributed by atoms with E-state index in [9.17, 15) is 0 Å². The van der Waals surface area contributed by atoms with Gasteiger partial charge in [-0.05, 0) is 12.3 Å². The topological polar surface area (TPSA) is 73.1 Å². The molecule has 0 spiro atoms. The largest absolute Gasteiger partial charge is 0.380 e. The van der Waals surface area contributed by atoms with Crippen LogP contribution in [0.5, 0.6) is 0 Å². The molecule has 17 heavy (non-hydrogen) atoms. The van der Waals surface area contributed by atoms with Gasteiger partial charge in [0.25, 0.3) is 0 Å².